The van der Waals surface area contributed by atoms with Crippen molar-refractivity contribution in [2.45, 2.75) is 33.6 Å². The van der Waals surface area contributed by atoms with Crippen molar-refractivity contribution in [3.05, 3.63) is 46.6 Å². The second kappa shape index (κ2) is 7.29. The summed E-state index contributed by atoms with van der Waals surface area (Å²) in [5.74, 6) is -0.209. The molecular weight excluding hydrogens is 265 g/mol. The molecule has 2 rings (SSSR count). The Hall–Kier alpha value is -1.35. The molecule has 0 amide bonds. The molecule has 0 aromatic rings. The fourth-order valence-electron chi connectivity index (χ4n) is 1.98. The van der Waals surface area contributed by atoms with Gasteiger partial charge in [0.15, 0.2) is 0 Å². The van der Waals surface area contributed by atoms with Crippen molar-refractivity contribution < 1.29 is 9.18 Å². The van der Waals surface area contributed by atoms with Gasteiger partial charge in [-0.25, -0.2) is 4.39 Å². The van der Waals surface area contributed by atoms with Gasteiger partial charge in [-0.3, -0.25) is 4.79 Å². The molecular formula is C15H19ClFNO. The number of hydrogen-bond acceptors (Lipinski definition) is 2. The van der Waals surface area contributed by atoms with Crippen LogP contribution in [0.15, 0.2) is 46.6 Å². The smallest absolute Gasteiger partial charge is 0.133 e. The minimum Gasteiger partial charge on any atom is -0.364 e. The molecule has 0 saturated carbocycles. The quantitative estimate of drug-likeness (QED) is 0.763. The fraction of sp³-hybridized carbons (Fsp3) is 0.400. The summed E-state index contributed by atoms with van der Waals surface area (Å²) in [5.41, 5.74) is 1.81. The molecule has 1 atom stereocenters. The summed E-state index contributed by atoms with van der Waals surface area (Å²) in [6, 6.07) is 0. The van der Waals surface area contributed by atoms with Crippen molar-refractivity contribution in [3.63, 3.8) is 0 Å². The molecule has 0 fully saturated rings. The van der Waals surface area contributed by atoms with Gasteiger partial charge in [0.2, 0.25) is 0 Å². The lowest BCUT2D eigenvalue weighted by atomic mass is 9.93. The molecule has 4 heteroatoms. The third-order valence-corrected chi connectivity index (χ3v) is 3.09. The molecule has 2 nitrogen and oxygen atoms in total. The Kier molecular flexibility index (Phi) is 6.03. The molecule has 1 aliphatic heterocycles. The highest BCUT2D eigenvalue weighted by Crippen LogP contribution is 2.32. The van der Waals surface area contributed by atoms with Gasteiger partial charge in [0.25, 0.3) is 0 Å². The van der Waals surface area contributed by atoms with Gasteiger partial charge in [-0.05, 0) is 18.6 Å². The van der Waals surface area contributed by atoms with E-state index in [4.69, 9.17) is 11.6 Å². The van der Waals surface area contributed by atoms with E-state index in [1.807, 2.05) is 19.9 Å². The van der Waals surface area contributed by atoms with Crippen LogP contribution in [0.5, 0.6) is 0 Å². The maximum atomic E-state index is 13.3. The summed E-state index contributed by atoms with van der Waals surface area (Å²) < 4.78 is 13.3. The molecule has 0 radical (unpaired) electrons. The Morgan fingerprint density at radius 1 is 1.53 bits per heavy atom. The second-order valence-corrected chi connectivity index (χ2v) is 4.61. The van der Waals surface area contributed by atoms with Crippen LogP contribution in [0.2, 0.25) is 0 Å². The van der Waals surface area contributed by atoms with Crippen molar-refractivity contribution in [2.24, 2.45) is 5.92 Å². The van der Waals surface area contributed by atoms with Crippen molar-refractivity contribution in [3.8, 4) is 0 Å². The number of rotatable bonds is 2. The van der Waals surface area contributed by atoms with E-state index in [9.17, 15) is 9.18 Å². The number of allylic oxidation sites excluding steroid dienone is 5. The number of carbonyl (C=O) groups excluding carboxylic acids is 1. The van der Waals surface area contributed by atoms with E-state index in [1.54, 1.807) is 25.3 Å². The van der Waals surface area contributed by atoms with E-state index in [1.165, 1.54) is 0 Å². The normalized spacial score (nSPS) is 27.7. The van der Waals surface area contributed by atoms with E-state index >= 15 is 0 Å². The maximum Gasteiger partial charge on any atom is 0.133 e. The first-order valence-corrected chi connectivity index (χ1v) is 6.83. The summed E-state index contributed by atoms with van der Waals surface area (Å²) in [6.45, 7) is 5.56. The van der Waals surface area contributed by atoms with Crippen molar-refractivity contribution in [1.82, 2.24) is 5.32 Å². The molecule has 1 aliphatic carbocycles. The summed E-state index contributed by atoms with van der Waals surface area (Å²) in [7, 11) is 0. The SMILES string of the molecule is CC.CC(=O)CC1=CN/C2=C/C(Cl)=C(/F)CC=CC12. The molecule has 0 spiro atoms. The topological polar surface area (TPSA) is 29.1 Å². The van der Waals surface area contributed by atoms with Crippen LogP contribution in [0.4, 0.5) is 4.39 Å². The first-order valence-electron chi connectivity index (χ1n) is 6.45. The number of ketones is 1. The molecule has 2 aliphatic rings. The second-order valence-electron chi connectivity index (χ2n) is 4.20. The van der Waals surface area contributed by atoms with Gasteiger partial charge in [-0.2, -0.15) is 0 Å². The van der Waals surface area contributed by atoms with Crippen LogP contribution in [0, 0.1) is 5.92 Å². The van der Waals surface area contributed by atoms with Gasteiger partial charge >= 0.3 is 0 Å². The van der Waals surface area contributed by atoms with Gasteiger partial charge in [-0.15, -0.1) is 0 Å². The lowest BCUT2D eigenvalue weighted by molar-refractivity contribution is -0.116. The summed E-state index contributed by atoms with van der Waals surface area (Å²) in [5, 5.41) is 3.17. The van der Waals surface area contributed by atoms with Crippen molar-refractivity contribution in [1.29, 1.82) is 0 Å². The first-order chi connectivity index (χ1) is 9.08. The number of Topliss-reactive ketones (excluding diaryl/α,β-unsaturated/α-hetero) is 1. The number of carbonyl (C=O) groups is 1. The lowest BCUT2D eigenvalue weighted by Gasteiger charge is -2.13. The van der Waals surface area contributed by atoms with Gasteiger partial charge in [0.05, 0.1) is 5.03 Å². The first kappa shape index (κ1) is 15.7. The van der Waals surface area contributed by atoms with Crippen LogP contribution in [-0.2, 0) is 4.79 Å². The molecule has 1 N–H and O–H groups in total. The van der Waals surface area contributed by atoms with E-state index < -0.39 is 0 Å². The van der Waals surface area contributed by atoms with E-state index in [0.29, 0.717) is 6.42 Å². The lowest BCUT2D eigenvalue weighted by Crippen LogP contribution is -2.08. The van der Waals surface area contributed by atoms with Gasteiger partial charge < -0.3 is 5.32 Å². The summed E-state index contributed by atoms with van der Waals surface area (Å²) in [4.78, 5) is 11.1. The third kappa shape index (κ3) is 4.06. The maximum absolute atomic E-state index is 13.3. The van der Waals surface area contributed by atoms with Crippen LogP contribution >= 0.6 is 11.6 Å². The minimum absolute atomic E-state index is 0.0146. The van der Waals surface area contributed by atoms with E-state index in [2.05, 4.69) is 5.32 Å². The van der Waals surface area contributed by atoms with Gasteiger partial charge in [0, 0.05) is 30.7 Å². The molecule has 104 valence electrons. The summed E-state index contributed by atoms with van der Waals surface area (Å²) >= 11 is 5.83. The average Bonchev–Trinajstić information content (AvgIpc) is 2.72. The highest BCUT2D eigenvalue weighted by Gasteiger charge is 2.24. The van der Waals surface area contributed by atoms with Gasteiger partial charge in [0.1, 0.15) is 11.6 Å². The average molecular weight is 284 g/mol. The molecule has 1 heterocycles. The number of hydrogen-bond donors (Lipinski definition) is 1. The number of nitrogens with one attached hydrogen (secondary N) is 1. The van der Waals surface area contributed by atoms with E-state index in [0.717, 1.165) is 11.3 Å². The Bertz CT molecular complexity index is 475. The fourth-order valence-corrected chi connectivity index (χ4v) is 2.18. The molecule has 0 aromatic carbocycles. The van der Waals surface area contributed by atoms with Crippen LogP contribution in [0.25, 0.3) is 0 Å². The Morgan fingerprint density at radius 3 is 2.84 bits per heavy atom. The monoisotopic (exact) mass is 283 g/mol. The van der Waals surface area contributed by atoms with Crippen molar-refractivity contribution >= 4 is 17.4 Å². The predicted molar refractivity (Wildman–Crippen MR) is 77.2 cm³/mol. The zero-order valence-corrected chi connectivity index (χ0v) is 12.2. The number of halogens is 2. The molecule has 0 saturated heterocycles. The Morgan fingerprint density at radius 2 is 2.21 bits per heavy atom. The molecule has 0 bridgehead atoms. The zero-order chi connectivity index (χ0) is 14.4. The highest BCUT2D eigenvalue weighted by atomic mass is 35.5. The van der Waals surface area contributed by atoms with Crippen LogP contribution in [0.3, 0.4) is 0 Å². The third-order valence-electron chi connectivity index (χ3n) is 2.78. The summed E-state index contributed by atoms with van der Waals surface area (Å²) in [6.07, 6.45) is 7.65. The number of fused-ring (bicyclic) bond motifs is 1. The molecule has 19 heavy (non-hydrogen) atoms. The minimum atomic E-state index is -0.337. The highest BCUT2D eigenvalue weighted by molar-refractivity contribution is 6.31. The molecule has 0 aromatic heterocycles. The van der Waals surface area contributed by atoms with Crippen molar-refractivity contribution in [2.75, 3.05) is 0 Å². The Labute approximate surface area is 118 Å². The standard InChI is InChI=1S/C13H13ClFNO.C2H6/c1-8(17)5-9-7-16-13-6-11(14)12(15)4-2-3-10(9)13;1-2/h2-3,6-7,10,16H,4-5H2,1H3;1-2H3/b3-2?,12-11-,13-6+;. The van der Waals surface area contributed by atoms with Crippen LogP contribution in [-0.4, -0.2) is 5.78 Å². The predicted octanol–water partition coefficient (Wildman–Crippen LogP) is 4.36. The largest absolute Gasteiger partial charge is 0.364 e. The zero-order valence-electron chi connectivity index (χ0n) is 11.5. The molecule has 1 unspecified atom stereocenters. The van der Waals surface area contributed by atoms with Crippen LogP contribution < -0.4 is 5.32 Å². The van der Waals surface area contributed by atoms with Crippen LogP contribution in [0.1, 0.15) is 33.6 Å². The Balaban J connectivity index is 0.000000861. The van der Waals surface area contributed by atoms with E-state index in [-0.39, 0.29) is 29.0 Å². The van der Waals surface area contributed by atoms with Gasteiger partial charge in [-0.1, -0.05) is 37.6 Å².